The highest BCUT2D eigenvalue weighted by molar-refractivity contribution is 6.70. The molecular weight excluding hydrogens is 328 g/mol. The van der Waals surface area contributed by atoms with Crippen molar-refractivity contribution >= 4 is 16.6 Å². The second-order valence-corrected chi connectivity index (χ2v) is 18.2. The molecule has 1 rings (SSSR count). The molecule has 24 heavy (non-hydrogen) atoms. The average Bonchev–Trinajstić information content (AvgIpc) is 2.31. The second-order valence-electron chi connectivity index (χ2n) is 9.34. The summed E-state index contributed by atoms with van der Waals surface area (Å²) in [5, 5.41) is 0. The van der Waals surface area contributed by atoms with Crippen LogP contribution in [0.1, 0.15) is 26.7 Å². The van der Waals surface area contributed by atoms with Gasteiger partial charge in [-0.3, -0.25) is 0 Å². The van der Waals surface area contributed by atoms with Crippen molar-refractivity contribution in [2.24, 2.45) is 10.8 Å². The van der Waals surface area contributed by atoms with Crippen LogP contribution in [0, 0.1) is 10.8 Å². The first-order valence-electron chi connectivity index (χ1n) is 8.81. The van der Waals surface area contributed by atoms with Crippen LogP contribution in [-0.2, 0) is 8.85 Å². The summed E-state index contributed by atoms with van der Waals surface area (Å²) in [6, 6.07) is 0. The Morgan fingerprint density at radius 2 is 1.17 bits per heavy atom. The third kappa shape index (κ3) is 5.52. The number of hydrogen-bond donors (Lipinski definition) is 0. The molecule has 0 amide bonds. The van der Waals surface area contributed by atoms with E-state index in [-0.39, 0.29) is 10.8 Å². The molecule has 0 aromatic rings. The molecule has 2 nitrogen and oxygen atoms in total. The smallest absolute Gasteiger partial charge is 0.241 e. The Hall–Kier alpha value is -1.01. The van der Waals surface area contributed by atoms with E-state index >= 15 is 0 Å². The maximum atomic E-state index is 6.58. The summed E-state index contributed by atoms with van der Waals surface area (Å²) in [5.41, 5.74) is -0.393. The predicted octanol–water partition coefficient (Wildman–Crippen LogP) is 6.64. The van der Waals surface area contributed by atoms with Crippen molar-refractivity contribution < 1.29 is 8.85 Å². The fourth-order valence-electron chi connectivity index (χ4n) is 3.01. The normalized spacial score (nSPS) is 19.8. The summed E-state index contributed by atoms with van der Waals surface area (Å²) in [6.07, 6.45) is 10.1. The standard InChI is InChI=1S/C20H36O2Si2/c1-11-13-20(14-12-2)17(21-23(5,6)7)15-19(3,4)16-18(20)22-24(8,9)10/h11-12,15-16H,1-2,13-14H2,3-10H3. The quantitative estimate of drug-likeness (QED) is 0.355. The SMILES string of the molecule is C=CCC1(CC=C)C(O[Si](C)(C)C)=CC(C)(C)C=C1O[Si](C)(C)C. The molecule has 0 aromatic heterocycles. The zero-order chi connectivity index (χ0) is 18.8. The molecule has 136 valence electrons. The van der Waals surface area contributed by atoms with Gasteiger partial charge in [-0.15, -0.1) is 13.2 Å². The zero-order valence-electron chi connectivity index (χ0n) is 17.0. The lowest BCUT2D eigenvalue weighted by Crippen LogP contribution is -2.41. The third-order valence-electron chi connectivity index (χ3n) is 3.77. The minimum absolute atomic E-state index is 0.0875. The Balaban J connectivity index is 3.54. The van der Waals surface area contributed by atoms with E-state index in [0.29, 0.717) is 0 Å². The lowest BCUT2D eigenvalue weighted by Gasteiger charge is -2.45. The van der Waals surface area contributed by atoms with Gasteiger partial charge in [0.15, 0.2) is 0 Å². The molecule has 1 aliphatic carbocycles. The molecule has 0 aromatic carbocycles. The van der Waals surface area contributed by atoms with Crippen LogP contribution in [0.4, 0.5) is 0 Å². The summed E-state index contributed by atoms with van der Waals surface area (Å²) < 4.78 is 13.2. The summed E-state index contributed by atoms with van der Waals surface area (Å²) in [6.45, 7) is 25.8. The fourth-order valence-corrected chi connectivity index (χ4v) is 4.84. The van der Waals surface area contributed by atoms with E-state index in [9.17, 15) is 0 Å². The highest BCUT2D eigenvalue weighted by atomic mass is 28.4. The van der Waals surface area contributed by atoms with E-state index in [1.807, 2.05) is 12.2 Å². The lowest BCUT2D eigenvalue weighted by molar-refractivity contribution is 0.182. The van der Waals surface area contributed by atoms with Gasteiger partial charge in [-0.1, -0.05) is 26.0 Å². The van der Waals surface area contributed by atoms with E-state index in [4.69, 9.17) is 8.85 Å². The summed E-state index contributed by atoms with van der Waals surface area (Å²) >= 11 is 0. The van der Waals surface area contributed by atoms with Crippen molar-refractivity contribution in [1.29, 1.82) is 0 Å². The Morgan fingerprint density at radius 1 is 0.833 bits per heavy atom. The molecule has 0 bridgehead atoms. The van der Waals surface area contributed by atoms with Crippen LogP contribution in [0.3, 0.4) is 0 Å². The van der Waals surface area contributed by atoms with Gasteiger partial charge < -0.3 is 8.85 Å². The van der Waals surface area contributed by atoms with E-state index in [2.05, 4.69) is 78.4 Å². The minimum Gasteiger partial charge on any atom is -0.547 e. The second kappa shape index (κ2) is 7.08. The van der Waals surface area contributed by atoms with Gasteiger partial charge >= 0.3 is 0 Å². The maximum absolute atomic E-state index is 6.58. The van der Waals surface area contributed by atoms with Crippen molar-refractivity contribution in [3.8, 4) is 0 Å². The summed E-state index contributed by atoms with van der Waals surface area (Å²) in [4.78, 5) is 0. The molecule has 0 spiro atoms. The van der Waals surface area contributed by atoms with E-state index in [0.717, 1.165) is 24.4 Å². The van der Waals surface area contributed by atoms with Gasteiger partial charge in [0.1, 0.15) is 0 Å². The van der Waals surface area contributed by atoms with Crippen molar-refractivity contribution in [3.63, 3.8) is 0 Å². The van der Waals surface area contributed by atoms with Gasteiger partial charge in [0.2, 0.25) is 16.6 Å². The first-order chi connectivity index (χ1) is 10.7. The topological polar surface area (TPSA) is 18.5 Å². The first-order valence-corrected chi connectivity index (χ1v) is 15.6. The van der Waals surface area contributed by atoms with Gasteiger partial charge in [0, 0.05) is 5.41 Å². The van der Waals surface area contributed by atoms with E-state index < -0.39 is 16.6 Å². The number of allylic oxidation sites excluding steroid dienone is 4. The zero-order valence-corrected chi connectivity index (χ0v) is 19.0. The molecule has 0 N–H and O–H groups in total. The average molecular weight is 365 g/mol. The highest BCUT2D eigenvalue weighted by Gasteiger charge is 2.46. The van der Waals surface area contributed by atoms with Crippen LogP contribution < -0.4 is 0 Å². The first kappa shape index (κ1) is 21.0. The predicted molar refractivity (Wildman–Crippen MR) is 111 cm³/mol. The van der Waals surface area contributed by atoms with Gasteiger partial charge in [0.05, 0.1) is 16.9 Å². The molecule has 0 fully saturated rings. The van der Waals surface area contributed by atoms with E-state index in [1.54, 1.807) is 0 Å². The number of hydrogen-bond acceptors (Lipinski definition) is 2. The molecule has 0 saturated heterocycles. The van der Waals surface area contributed by atoms with Gasteiger partial charge in [-0.25, -0.2) is 0 Å². The van der Waals surface area contributed by atoms with E-state index in [1.165, 1.54) is 0 Å². The van der Waals surface area contributed by atoms with Gasteiger partial charge in [-0.2, -0.15) is 0 Å². The Morgan fingerprint density at radius 3 is 1.42 bits per heavy atom. The highest BCUT2D eigenvalue weighted by Crippen LogP contribution is 2.51. The monoisotopic (exact) mass is 364 g/mol. The van der Waals surface area contributed by atoms with Crippen molar-refractivity contribution in [2.75, 3.05) is 0 Å². The van der Waals surface area contributed by atoms with Crippen LogP contribution in [0.5, 0.6) is 0 Å². The summed E-state index contributed by atoms with van der Waals surface area (Å²) in [5.74, 6) is 2.09. The molecule has 0 aliphatic heterocycles. The van der Waals surface area contributed by atoms with Gasteiger partial charge in [-0.05, 0) is 64.3 Å². The van der Waals surface area contributed by atoms with Crippen LogP contribution >= 0.6 is 0 Å². The van der Waals surface area contributed by atoms with Crippen molar-refractivity contribution in [1.82, 2.24) is 0 Å². The van der Waals surface area contributed by atoms with Crippen LogP contribution in [0.2, 0.25) is 39.3 Å². The molecule has 0 atom stereocenters. The third-order valence-corrected chi connectivity index (χ3v) is 5.43. The Bertz CT molecular complexity index is 495. The Kier molecular flexibility index (Phi) is 6.21. The molecule has 0 unspecified atom stereocenters. The molecule has 4 heteroatoms. The van der Waals surface area contributed by atoms with Gasteiger partial charge in [0.25, 0.3) is 0 Å². The molecule has 0 heterocycles. The van der Waals surface area contributed by atoms with Crippen LogP contribution in [0.25, 0.3) is 0 Å². The lowest BCUT2D eigenvalue weighted by atomic mass is 9.70. The molecule has 0 saturated carbocycles. The minimum atomic E-state index is -1.75. The van der Waals surface area contributed by atoms with Crippen LogP contribution in [-0.4, -0.2) is 16.6 Å². The summed E-state index contributed by atoms with van der Waals surface area (Å²) in [7, 11) is -3.50. The molecular formula is C20H36O2Si2. The van der Waals surface area contributed by atoms with Crippen LogP contribution in [0.15, 0.2) is 49.0 Å². The molecule has 1 aliphatic rings. The molecule has 0 radical (unpaired) electrons. The number of rotatable bonds is 8. The fraction of sp³-hybridized carbons (Fsp3) is 0.600. The maximum Gasteiger partial charge on any atom is 0.241 e. The van der Waals surface area contributed by atoms with Crippen molar-refractivity contribution in [3.05, 3.63) is 49.0 Å². The Labute approximate surface area is 151 Å². The largest absolute Gasteiger partial charge is 0.547 e. The van der Waals surface area contributed by atoms with Crippen molar-refractivity contribution in [2.45, 2.75) is 66.0 Å².